The molecule has 2 fully saturated rings. The fraction of sp³-hybridized carbons (Fsp3) is 0.632. The van der Waals surface area contributed by atoms with Crippen molar-refractivity contribution >= 4 is 15.9 Å². The molecule has 0 aliphatic carbocycles. The van der Waals surface area contributed by atoms with Crippen LogP contribution in [-0.4, -0.2) is 74.2 Å². The molecule has 10 heteroatoms. The van der Waals surface area contributed by atoms with Gasteiger partial charge in [0.2, 0.25) is 15.9 Å². The first-order valence-corrected chi connectivity index (χ1v) is 11.2. The van der Waals surface area contributed by atoms with Gasteiger partial charge in [0.05, 0.1) is 17.0 Å². The average molecular weight is 433 g/mol. The standard InChI is InChI=1S/C19H26F3N3O3S/c1-15-6-8-24(9-7-15)18(26)14-23-10-12-25(13-11-23)29(27,28)17-4-2-16(3-5-17)19(20,21)22/h2-5,15H,6-14H2,1H3. The van der Waals surface area contributed by atoms with Crippen LogP contribution in [0.3, 0.4) is 0 Å². The Morgan fingerprint density at radius 1 is 1.00 bits per heavy atom. The first-order valence-electron chi connectivity index (χ1n) is 9.75. The Kier molecular flexibility index (Phi) is 6.54. The molecule has 162 valence electrons. The van der Waals surface area contributed by atoms with E-state index in [2.05, 4.69) is 6.92 Å². The summed E-state index contributed by atoms with van der Waals surface area (Å²) in [6, 6.07) is 3.54. The minimum atomic E-state index is -4.51. The van der Waals surface area contributed by atoms with Gasteiger partial charge in [0.25, 0.3) is 0 Å². The van der Waals surface area contributed by atoms with E-state index in [1.165, 1.54) is 4.31 Å². The van der Waals surface area contributed by atoms with Crippen molar-refractivity contribution in [3.05, 3.63) is 29.8 Å². The zero-order valence-electron chi connectivity index (χ0n) is 16.4. The van der Waals surface area contributed by atoms with Gasteiger partial charge in [0.1, 0.15) is 0 Å². The maximum absolute atomic E-state index is 12.7. The Bertz CT molecular complexity index is 811. The van der Waals surface area contributed by atoms with E-state index in [1.807, 2.05) is 9.80 Å². The van der Waals surface area contributed by atoms with E-state index in [9.17, 15) is 26.4 Å². The second-order valence-corrected chi connectivity index (χ2v) is 9.70. The molecule has 29 heavy (non-hydrogen) atoms. The fourth-order valence-electron chi connectivity index (χ4n) is 3.64. The zero-order chi connectivity index (χ0) is 21.2. The van der Waals surface area contributed by atoms with E-state index in [0.717, 1.165) is 50.2 Å². The predicted octanol–water partition coefficient (Wildman–Crippen LogP) is 2.27. The number of carbonyl (C=O) groups excluding carboxylic acids is 1. The molecule has 0 N–H and O–H groups in total. The summed E-state index contributed by atoms with van der Waals surface area (Å²) in [6.07, 6.45) is -2.50. The van der Waals surface area contributed by atoms with Crippen LogP contribution >= 0.6 is 0 Å². The molecule has 6 nitrogen and oxygen atoms in total. The van der Waals surface area contributed by atoms with E-state index in [1.54, 1.807) is 0 Å². The molecule has 2 aliphatic heterocycles. The van der Waals surface area contributed by atoms with Crippen molar-refractivity contribution in [1.29, 1.82) is 0 Å². The maximum atomic E-state index is 12.7. The number of alkyl halides is 3. The number of piperazine rings is 1. The van der Waals surface area contributed by atoms with Crippen LogP contribution in [0.4, 0.5) is 13.2 Å². The highest BCUT2D eigenvalue weighted by Crippen LogP contribution is 2.30. The second-order valence-electron chi connectivity index (χ2n) is 7.77. The van der Waals surface area contributed by atoms with E-state index in [4.69, 9.17) is 0 Å². The van der Waals surface area contributed by atoms with Crippen LogP contribution in [0, 0.1) is 5.92 Å². The molecule has 3 rings (SSSR count). The number of hydrogen-bond acceptors (Lipinski definition) is 4. The normalized spacial score (nSPS) is 20.8. The number of rotatable bonds is 4. The summed E-state index contributed by atoms with van der Waals surface area (Å²) < 4.78 is 64.7. The van der Waals surface area contributed by atoms with Crippen LogP contribution in [0.1, 0.15) is 25.3 Å². The first-order chi connectivity index (χ1) is 13.6. The first kappa shape index (κ1) is 22.0. The Morgan fingerprint density at radius 2 is 1.55 bits per heavy atom. The van der Waals surface area contributed by atoms with Crippen LogP contribution in [0.2, 0.25) is 0 Å². The summed E-state index contributed by atoms with van der Waals surface area (Å²) >= 11 is 0. The van der Waals surface area contributed by atoms with Crippen molar-refractivity contribution in [1.82, 2.24) is 14.1 Å². The largest absolute Gasteiger partial charge is 0.416 e. The minimum absolute atomic E-state index is 0.0657. The molecule has 0 radical (unpaired) electrons. The van der Waals surface area contributed by atoms with Gasteiger partial charge in [0, 0.05) is 39.3 Å². The topological polar surface area (TPSA) is 60.9 Å². The lowest BCUT2D eigenvalue weighted by atomic mass is 9.99. The zero-order valence-corrected chi connectivity index (χ0v) is 17.2. The number of carbonyl (C=O) groups is 1. The van der Waals surface area contributed by atoms with E-state index >= 15 is 0 Å². The number of halogens is 3. The molecule has 2 saturated heterocycles. The van der Waals surface area contributed by atoms with Crippen molar-refractivity contribution in [2.45, 2.75) is 30.8 Å². The number of likely N-dealkylation sites (tertiary alicyclic amines) is 1. The highest BCUT2D eigenvalue weighted by atomic mass is 32.2. The summed E-state index contributed by atoms with van der Waals surface area (Å²) in [5.41, 5.74) is -0.883. The third-order valence-electron chi connectivity index (χ3n) is 5.65. The molecule has 0 saturated carbocycles. The molecule has 0 aromatic heterocycles. The van der Waals surface area contributed by atoms with Crippen LogP contribution in [-0.2, 0) is 21.0 Å². The minimum Gasteiger partial charge on any atom is -0.342 e. The molecule has 1 aromatic carbocycles. The van der Waals surface area contributed by atoms with Gasteiger partial charge in [-0.25, -0.2) is 8.42 Å². The quantitative estimate of drug-likeness (QED) is 0.731. The van der Waals surface area contributed by atoms with Crippen molar-refractivity contribution in [3.8, 4) is 0 Å². The lowest BCUT2D eigenvalue weighted by Crippen LogP contribution is -2.52. The number of benzene rings is 1. The molecule has 1 aromatic rings. The van der Waals surface area contributed by atoms with Crippen LogP contribution in [0.5, 0.6) is 0 Å². The van der Waals surface area contributed by atoms with Crippen molar-refractivity contribution in [2.75, 3.05) is 45.8 Å². The van der Waals surface area contributed by atoms with Gasteiger partial charge in [-0.2, -0.15) is 17.5 Å². The van der Waals surface area contributed by atoms with Gasteiger partial charge in [-0.1, -0.05) is 6.92 Å². The molecule has 0 spiro atoms. The number of piperidine rings is 1. The Balaban J connectivity index is 1.55. The summed E-state index contributed by atoms with van der Waals surface area (Å²) in [5.74, 6) is 0.703. The molecule has 0 bridgehead atoms. The Morgan fingerprint density at radius 3 is 2.07 bits per heavy atom. The average Bonchev–Trinajstić information content (AvgIpc) is 2.68. The SMILES string of the molecule is CC1CCN(C(=O)CN2CCN(S(=O)(=O)c3ccc(C(F)(F)F)cc3)CC2)CC1. The van der Waals surface area contributed by atoms with Crippen LogP contribution in [0.25, 0.3) is 0 Å². The van der Waals surface area contributed by atoms with Crippen molar-refractivity contribution < 1.29 is 26.4 Å². The van der Waals surface area contributed by atoms with Gasteiger partial charge in [-0.05, 0) is 43.0 Å². The van der Waals surface area contributed by atoms with Crippen molar-refractivity contribution in [2.24, 2.45) is 5.92 Å². The third kappa shape index (κ3) is 5.29. The second kappa shape index (κ2) is 8.61. The van der Waals surface area contributed by atoms with E-state index in [0.29, 0.717) is 19.0 Å². The summed E-state index contributed by atoms with van der Waals surface area (Å²) in [6.45, 7) is 5.21. The highest BCUT2D eigenvalue weighted by molar-refractivity contribution is 7.89. The summed E-state index contributed by atoms with van der Waals surface area (Å²) in [4.78, 5) is 16.1. The number of nitrogens with zero attached hydrogens (tertiary/aromatic N) is 3. The molecular weight excluding hydrogens is 407 g/mol. The Labute approximate surface area is 169 Å². The molecule has 2 heterocycles. The third-order valence-corrected chi connectivity index (χ3v) is 7.56. The summed E-state index contributed by atoms with van der Waals surface area (Å²) in [7, 11) is -3.86. The smallest absolute Gasteiger partial charge is 0.342 e. The monoisotopic (exact) mass is 433 g/mol. The van der Waals surface area contributed by atoms with Gasteiger partial charge >= 0.3 is 6.18 Å². The summed E-state index contributed by atoms with van der Waals surface area (Å²) in [5, 5.41) is 0. The van der Waals surface area contributed by atoms with E-state index in [-0.39, 0.29) is 30.4 Å². The number of amides is 1. The number of sulfonamides is 1. The Hall–Kier alpha value is -1.65. The highest BCUT2D eigenvalue weighted by Gasteiger charge is 2.33. The predicted molar refractivity (Wildman–Crippen MR) is 102 cm³/mol. The van der Waals surface area contributed by atoms with Gasteiger partial charge < -0.3 is 4.90 Å². The van der Waals surface area contributed by atoms with Crippen LogP contribution < -0.4 is 0 Å². The molecule has 0 atom stereocenters. The van der Waals surface area contributed by atoms with Gasteiger partial charge in [-0.3, -0.25) is 9.69 Å². The molecule has 1 amide bonds. The van der Waals surface area contributed by atoms with Gasteiger partial charge in [-0.15, -0.1) is 0 Å². The van der Waals surface area contributed by atoms with Crippen molar-refractivity contribution in [3.63, 3.8) is 0 Å². The van der Waals surface area contributed by atoms with Crippen LogP contribution in [0.15, 0.2) is 29.2 Å². The lowest BCUT2D eigenvalue weighted by Gasteiger charge is -2.36. The van der Waals surface area contributed by atoms with E-state index < -0.39 is 21.8 Å². The van der Waals surface area contributed by atoms with Gasteiger partial charge in [0.15, 0.2) is 0 Å². The molecule has 0 unspecified atom stereocenters. The molecule has 2 aliphatic rings. The lowest BCUT2D eigenvalue weighted by molar-refractivity contribution is -0.137. The number of hydrogen-bond donors (Lipinski definition) is 0. The maximum Gasteiger partial charge on any atom is 0.416 e. The fourth-order valence-corrected chi connectivity index (χ4v) is 5.06. The molecular formula is C19H26F3N3O3S.